The fourth-order valence-corrected chi connectivity index (χ4v) is 2.99. The van der Waals surface area contributed by atoms with Crippen molar-refractivity contribution in [3.8, 4) is 5.75 Å². The quantitative estimate of drug-likeness (QED) is 0.808. The summed E-state index contributed by atoms with van der Waals surface area (Å²) in [5.41, 5.74) is -1.14. The van der Waals surface area contributed by atoms with Crippen LogP contribution in [0.4, 0.5) is 0 Å². The van der Waals surface area contributed by atoms with Crippen LogP contribution in [-0.2, 0) is 9.47 Å². The minimum absolute atomic E-state index is 0.244. The standard InChI is InChI=1S/C17H20O7/c1-17(2)15(21-3)12(19)13(20)16(24-17)22-10-6-4-5-9-7-8-11(18)23-14(9)10/h4-8,12-13,15-16,19-20H,1-3H3/t12-,13+,15+,16+/m0/s1. The maximum Gasteiger partial charge on any atom is 0.336 e. The Morgan fingerprint density at radius 1 is 1.12 bits per heavy atom. The van der Waals surface area contributed by atoms with Crippen LogP contribution in [0, 0.1) is 0 Å². The highest BCUT2D eigenvalue weighted by Gasteiger charge is 2.50. The predicted molar refractivity (Wildman–Crippen MR) is 84.9 cm³/mol. The van der Waals surface area contributed by atoms with Gasteiger partial charge in [-0.05, 0) is 26.0 Å². The molecule has 0 unspecified atom stereocenters. The zero-order valence-electron chi connectivity index (χ0n) is 13.6. The lowest BCUT2D eigenvalue weighted by molar-refractivity contribution is -0.305. The van der Waals surface area contributed by atoms with E-state index in [2.05, 4.69) is 0 Å². The average Bonchev–Trinajstić information content (AvgIpc) is 2.53. The number of benzene rings is 1. The van der Waals surface area contributed by atoms with Gasteiger partial charge in [0.1, 0.15) is 18.3 Å². The summed E-state index contributed by atoms with van der Waals surface area (Å²) in [7, 11) is 1.44. The van der Waals surface area contributed by atoms with Gasteiger partial charge in [0.25, 0.3) is 0 Å². The Hall–Kier alpha value is -1.93. The fourth-order valence-electron chi connectivity index (χ4n) is 2.99. The topological polar surface area (TPSA) is 98.4 Å². The number of para-hydroxylation sites is 1. The molecule has 1 saturated heterocycles. The molecule has 1 aromatic carbocycles. The molecule has 4 atom stereocenters. The third kappa shape index (κ3) is 2.91. The molecule has 7 nitrogen and oxygen atoms in total. The Morgan fingerprint density at radius 2 is 1.88 bits per heavy atom. The van der Waals surface area contributed by atoms with Crippen molar-refractivity contribution in [2.45, 2.75) is 44.1 Å². The molecule has 2 heterocycles. The van der Waals surface area contributed by atoms with Gasteiger partial charge in [0.2, 0.25) is 6.29 Å². The van der Waals surface area contributed by atoms with Crippen molar-refractivity contribution in [1.82, 2.24) is 0 Å². The van der Waals surface area contributed by atoms with Crippen molar-refractivity contribution in [2.75, 3.05) is 7.11 Å². The third-order valence-corrected chi connectivity index (χ3v) is 4.15. The van der Waals surface area contributed by atoms with Crippen molar-refractivity contribution in [3.63, 3.8) is 0 Å². The second-order valence-corrected chi connectivity index (χ2v) is 6.27. The second kappa shape index (κ2) is 6.18. The summed E-state index contributed by atoms with van der Waals surface area (Å²) in [5.74, 6) is 0.244. The van der Waals surface area contributed by atoms with Gasteiger partial charge in [-0.2, -0.15) is 0 Å². The zero-order valence-corrected chi connectivity index (χ0v) is 13.6. The van der Waals surface area contributed by atoms with E-state index < -0.39 is 35.8 Å². The highest BCUT2D eigenvalue weighted by molar-refractivity contribution is 5.82. The van der Waals surface area contributed by atoms with E-state index in [1.54, 1.807) is 38.1 Å². The molecule has 7 heteroatoms. The molecule has 3 rings (SSSR count). The summed E-state index contributed by atoms with van der Waals surface area (Å²) in [5, 5.41) is 21.2. The Bertz CT molecular complexity index is 782. The van der Waals surface area contributed by atoms with Crippen molar-refractivity contribution in [1.29, 1.82) is 0 Å². The molecule has 0 radical (unpaired) electrons. The summed E-state index contributed by atoms with van der Waals surface area (Å²) >= 11 is 0. The Morgan fingerprint density at radius 3 is 2.58 bits per heavy atom. The lowest BCUT2D eigenvalue weighted by Gasteiger charge is -2.46. The van der Waals surface area contributed by atoms with Crippen LogP contribution in [0.5, 0.6) is 5.75 Å². The van der Waals surface area contributed by atoms with Crippen LogP contribution in [0.2, 0.25) is 0 Å². The number of aliphatic hydroxyl groups excluding tert-OH is 2. The predicted octanol–water partition coefficient (Wildman–Crippen LogP) is 1.04. The number of ether oxygens (including phenoxy) is 3. The molecule has 1 aliphatic heterocycles. The van der Waals surface area contributed by atoms with Crippen LogP contribution in [-0.4, -0.2) is 47.5 Å². The Kier molecular flexibility index (Phi) is 4.35. The number of methoxy groups -OCH3 is 1. The minimum Gasteiger partial charge on any atom is -0.458 e. The van der Waals surface area contributed by atoms with Gasteiger partial charge >= 0.3 is 5.63 Å². The van der Waals surface area contributed by atoms with E-state index in [1.165, 1.54) is 13.2 Å². The maximum atomic E-state index is 11.5. The van der Waals surface area contributed by atoms with Crippen molar-refractivity contribution in [2.24, 2.45) is 0 Å². The first-order chi connectivity index (χ1) is 11.3. The van der Waals surface area contributed by atoms with Crippen molar-refractivity contribution in [3.05, 3.63) is 40.8 Å². The molecular formula is C17H20O7. The number of fused-ring (bicyclic) bond motifs is 1. The highest BCUT2D eigenvalue weighted by atomic mass is 16.7. The molecule has 0 saturated carbocycles. The number of rotatable bonds is 3. The van der Waals surface area contributed by atoms with Gasteiger partial charge in [0, 0.05) is 18.6 Å². The molecule has 1 aliphatic rings. The van der Waals surface area contributed by atoms with E-state index in [-0.39, 0.29) is 11.3 Å². The van der Waals surface area contributed by atoms with Gasteiger partial charge in [-0.25, -0.2) is 4.79 Å². The maximum absolute atomic E-state index is 11.5. The lowest BCUT2D eigenvalue weighted by Crippen LogP contribution is -2.63. The molecule has 1 fully saturated rings. The van der Waals surface area contributed by atoms with Gasteiger partial charge in [0.15, 0.2) is 11.3 Å². The first-order valence-corrected chi connectivity index (χ1v) is 7.60. The third-order valence-electron chi connectivity index (χ3n) is 4.15. The number of hydrogen-bond acceptors (Lipinski definition) is 7. The molecule has 0 bridgehead atoms. The van der Waals surface area contributed by atoms with Crippen LogP contribution in [0.3, 0.4) is 0 Å². The minimum atomic E-state index is -1.33. The molecule has 2 aromatic rings. The largest absolute Gasteiger partial charge is 0.458 e. The summed E-state index contributed by atoms with van der Waals surface area (Å²) in [6.07, 6.45) is -4.37. The summed E-state index contributed by atoms with van der Waals surface area (Å²) in [6, 6.07) is 8.03. The van der Waals surface area contributed by atoms with E-state index in [1.807, 2.05) is 0 Å². The first-order valence-electron chi connectivity index (χ1n) is 7.60. The molecule has 130 valence electrons. The monoisotopic (exact) mass is 336 g/mol. The van der Waals surface area contributed by atoms with E-state index >= 15 is 0 Å². The van der Waals surface area contributed by atoms with Gasteiger partial charge in [-0.15, -0.1) is 0 Å². The Balaban J connectivity index is 1.94. The van der Waals surface area contributed by atoms with Crippen molar-refractivity contribution < 1.29 is 28.8 Å². The molecule has 0 spiro atoms. The number of aliphatic hydroxyl groups is 2. The molecule has 0 aliphatic carbocycles. The van der Waals surface area contributed by atoms with Gasteiger partial charge in [0.05, 0.1) is 5.60 Å². The average molecular weight is 336 g/mol. The van der Waals surface area contributed by atoms with Crippen molar-refractivity contribution >= 4 is 11.0 Å². The van der Waals surface area contributed by atoms with Crippen LogP contribution in [0.25, 0.3) is 11.0 Å². The summed E-state index contributed by atoms with van der Waals surface area (Å²) in [6.45, 7) is 3.46. The first kappa shape index (κ1) is 16.9. The van der Waals surface area contributed by atoms with E-state index in [0.717, 1.165) is 0 Å². The normalized spacial score (nSPS) is 29.5. The van der Waals surface area contributed by atoms with Crippen LogP contribution in [0.1, 0.15) is 13.8 Å². The fraction of sp³-hybridized carbons (Fsp3) is 0.471. The summed E-state index contributed by atoms with van der Waals surface area (Å²) < 4.78 is 21.9. The zero-order chi connectivity index (χ0) is 17.5. The van der Waals surface area contributed by atoms with Crippen LogP contribution in [0.15, 0.2) is 39.5 Å². The molecule has 1 aromatic heterocycles. The van der Waals surface area contributed by atoms with Crippen LogP contribution >= 0.6 is 0 Å². The molecule has 24 heavy (non-hydrogen) atoms. The highest BCUT2D eigenvalue weighted by Crippen LogP contribution is 2.34. The smallest absolute Gasteiger partial charge is 0.336 e. The Labute approximate surface area is 138 Å². The van der Waals surface area contributed by atoms with Crippen LogP contribution < -0.4 is 10.4 Å². The lowest BCUT2D eigenvalue weighted by atomic mass is 9.89. The number of hydrogen-bond donors (Lipinski definition) is 2. The van der Waals surface area contributed by atoms with Gasteiger partial charge in [-0.3, -0.25) is 0 Å². The van der Waals surface area contributed by atoms with Gasteiger partial charge in [-0.1, -0.05) is 12.1 Å². The SMILES string of the molecule is CO[C@@H]1[C@@H](O)[C@@H](O)[C@H](Oc2cccc3ccc(=O)oc23)OC1(C)C. The molecular weight excluding hydrogens is 316 g/mol. The molecule has 0 amide bonds. The van der Waals surface area contributed by atoms with E-state index in [4.69, 9.17) is 18.6 Å². The second-order valence-electron chi connectivity index (χ2n) is 6.27. The summed E-state index contributed by atoms with van der Waals surface area (Å²) in [4.78, 5) is 11.5. The molecule has 2 N–H and O–H groups in total. The van der Waals surface area contributed by atoms with E-state index in [0.29, 0.717) is 5.39 Å². The van der Waals surface area contributed by atoms with Gasteiger partial charge < -0.3 is 28.8 Å². The van der Waals surface area contributed by atoms with E-state index in [9.17, 15) is 15.0 Å².